The zero-order valence-corrected chi connectivity index (χ0v) is 12.1. The first-order valence-corrected chi connectivity index (χ1v) is 7.77. The third-order valence-corrected chi connectivity index (χ3v) is 4.39. The van der Waals surface area contributed by atoms with Gasteiger partial charge in [-0.25, -0.2) is 0 Å². The maximum Gasteiger partial charge on any atom is 0.304 e. The van der Waals surface area contributed by atoms with Gasteiger partial charge in [0.15, 0.2) is 5.76 Å². The molecule has 0 radical (unpaired) electrons. The molecule has 7 nitrogen and oxygen atoms in total. The first kappa shape index (κ1) is 14.2. The third-order valence-electron chi connectivity index (χ3n) is 3.30. The molecule has 2 aromatic rings. The number of aliphatic carboxylic acids is 1. The number of hydrogen-bond donors (Lipinski definition) is 1. The summed E-state index contributed by atoms with van der Waals surface area (Å²) in [4.78, 5) is 13.0. The van der Waals surface area contributed by atoms with Gasteiger partial charge in [-0.3, -0.25) is 9.69 Å². The molecule has 1 N–H and O–H groups in total. The van der Waals surface area contributed by atoms with Crippen LogP contribution < -0.4 is 0 Å². The fourth-order valence-corrected chi connectivity index (χ4v) is 3.41. The van der Waals surface area contributed by atoms with Crippen molar-refractivity contribution in [2.45, 2.75) is 19.0 Å². The van der Waals surface area contributed by atoms with Crippen molar-refractivity contribution < 1.29 is 18.7 Å². The summed E-state index contributed by atoms with van der Waals surface area (Å²) in [5, 5.41) is 16.9. The average Bonchev–Trinajstić information content (AvgIpc) is 3.11. The largest absolute Gasteiger partial charge is 0.481 e. The Kier molecular flexibility index (Phi) is 4.26. The molecule has 0 bridgehead atoms. The van der Waals surface area contributed by atoms with Gasteiger partial charge in [-0.15, -0.1) is 10.2 Å². The van der Waals surface area contributed by atoms with E-state index in [-0.39, 0.29) is 12.5 Å². The molecule has 112 valence electrons. The van der Waals surface area contributed by atoms with Crippen LogP contribution in [0.4, 0.5) is 0 Å². The number of aromatic nitrogens is 2. The van der Waals surface area contributed by atoms with E-state index in [0.717, 1.165) is 18.1 Å². The van der Waals surface area contributed by atoms with Crippen LogP contribution in [0.5, 0.6) is 0 Å². The van der Waals surface area contributed by atoms with E-state index < -0.39 is 5.97 Å². The Morgan fingerprint density at radius 3 is 3.19 bits per heavy atom. The highest BCUT2D eigenvalue weighted by molar-refractivity contribution is 7.99. The zero-order valence-electron chi connectivity index (χ0n) is 11.3. The maximum atomic E-state index is 10.9. The molecule has 3 rings (SSSR count). The van der Waals surface area contributed by atoms with Crippen LogP contribution in [0.2, 0.25) is 0 Å². The number of carboxylic acids is 1. The molecule has 1 aliphatic rings. The van der Waals surface area contributed by atoms with Gasteiger partial charge >= 0.3 is 5.97 Å². The molecule has 2 aromatic heterocycles. The third kappa shape index (κ3) is 3.45. The lowest BCUT2D eigenvalue weighted by atomic mass is 10.2. The van der Waals surface area contributed by atoms with Crippen LogP contribution in [0.1, 0.15) is 12.3 Å². The quantitative estimate of drug-likeness (QED) is 0.892. The normalized spacial score (nSPS) is 19.7. The number of carbonyl (C=O) groups is 1. The van der Waals surface area contributed by atoms with Crippen molar-refractivity contribution in [3.63, 3.8) is 0 Å². The molecular formula is C13H15N3O4S. The monoisotopic (exact) mass is 309 g/mol. The van der Waals surface area contributed by atoms with Gasteiger partial charge in [0.05, 0.1) is 19.2 Å². The second-order valence-electron chi connectivity index (χ2n) is 4.78. The lowest BCUT2D eigenvalue weighted by molar-refractivity contribution is -0.138. The lowest BCUT2D eigenvalue weighted by Gasteiger charge is -2.33. The molecule has 3 heterocycles. The molecule has 1 aliphatic heterocycles. The second-order valence-corrected chi connectivity index (χ2v) is 5.93. The summed E-state index contributed by atoms with van der Waals surface area (Å²) < 4.78 is 10.8. The molecule has 0 saturated carbocycles. The first-order chi connectivity index (χ1) is 10.2. The Balaban J connectivity index is 1.68. The highest BCUT2D eigenvalue weighted by Gasteiger charge is 2.26. The molecule has 0 aromatic carbocycles. The molecule has 0 spiro atoms. The van der Waals surface area contributed by atoms with E-state index in [4.69, 9.17) is 13.9 Å². The Bertz CT molecular complexity index is 598. The van der Waals surface area contributed by atoms with E-state index in [0.29, 0.717) is 24.1 Å². The molecule has 1 fully saturated rings. The van der Waals surface area contributed by atoms with Crippen LogP contribution in [-0.2, 0) is 11.3 Å². The highest BCUT2D eigenvalue weighted by Crippen LogP contribution is 2.23. The summed E-state index contributed by atoms with van der Waals surface area (Å²) in [6.45, 7) is 1.29. The summed E-state index contributed by atoms with van der Waals surface area (Å²) in [6, 6.07) is 3.51. The highest BCUT2D eigenvalue weighted by atomic mass is 32.2. The van der Waals surface area contributed by atoms with Gasteiger partial charge < -0.3 is 13.9 Å². The molecule has 21 heavy (non-hydrogen) atoms. The summed E-state index contributed by atoms with van der Waals surface area (Å²) in [5.74, 6) is 2.36. The molecule has 0 aliphatic carbocycles. The number of hydrogen-bond acceptors (Lipinski definition) is 7. The Morgan fingerprint density at radius 1 is 1.52 bits per heavy atom. The molecular weight excluding hydrogens is 294 g/mol. The van der Waals surface area contributed by atoms with Crippen molar-refractivity contribution >= 4 is 17.7 Å². The lowest BCUT2D eigenvalue weighted by Crippen LogP contribution is -2.43. The predicted molar refractivity (Wildman–Crippen MR) is 75.8 cm³/mol. The van der Waals surface area contributed by atoms with Crippen LogP contribution in [0.15, 0.2) is 27.2 Å². The van der Waals surface area contributed by atoms with Gasteiger partial charge in [-0.2, -0.15) is 11.8 Å². The first-order valence-electron chi connectivity index (χ1n) is 6.62. The van der Waals surface area contributed by atoms with E-state index in [2.05, 4.69) is 15.1 Å². The molecule has 1 unspecified atom stereocenters. The zero-order chi connectivity index (χ0) is 14.7. The van der Waals surface area contributed by atoms with E-state index >= 15 is 0 Å². The Hall–Kier alpha value is -1.80. The second kappa shape index (κ2) is 6.31. The summed E-state index contributed by atoms with van der Waals surface area (Å²) in [7, 11) is 0. The minimum Gasteiger partial charge on any atom is -0.481 e. The van der Waals surface area contributed by atoms with Crippen molar-refractivity contribution in [2.24, 2.45) is 0 Å². The standard InChI is InChI=1S/C13H15N3O4S/c17-12(18)6-9-8-21-5-3-16(9)7-11-14-15-13(20-11)10-2-1-4-19-10/h1-2,4,9H,3,5-8H2,(H,17,18). The number of carboxylic acid groups (broad SMARTS) is 1. The Labute approximate surface area is 125 Å². The SMILES string of the molecule is O=C(O)CC1CSCCN1Cc1nnc(-c2ccco2)o1. The number of thioether (sulfide) groups is 1. The molecule has 8 heteroatoms. The Morgan fingerprint density at radius 2 is 2.43 bits per heavy atom. The van der Waals surface area contributed by atoms with Gasteiger partial charge in [0, 0.05) is 24.1 Å². The van der Waals surface area contributed by atoms with Crippen molar-refractivity contribution in [2.75, 3.05) is 18.1 Å². The minimum atomic E-state index is -0.783. The van der Waals surface area contributed by atoms with E-state index in [1.165, 1.54) is 0 Å². The van der Waals surface area contributed by atoms with Gasteiger partial charge in [0.1, 0.15) is 0 Å². The number of nitrogens with zero attached hydrogens (tertiary/aromatic N) is 3. The van der Waals surface area contributed by atoms with Crippen LogP contribution in [0.25, 0.3) is 11.7 Å². The fraction of sp³-hybridized carbons (Fsp3) is 0.462. The van der Waals surface area contributed by atoms with Gasteiger partial charge in [-0.05, 0) is 12.1 Å². The predicted octanol–water partition coefficient (Wildman–Crippen LogP) is 1.72. The molecule has 1 atom stereocenters. The van der Waals surface area contributed by atoms with E-state index in [1.807, 2.05) is 0 Å². The van der Waals surface area contributed by atoms with Gasteiger partial charge in [-0.1, -0.05) is 0 Å². The smallest absolute Gasteiger partial charge is 0.304 e. The van der Waals surface area contributed by atoms with Crippen LogP contribution >= 0.6 is 11.8 Å². The van der Waals surface area contributed by atoms with Gasteiger partial charge in [0.25, 0.3) is 5.89 Å². The maximum absolute atomic E-state index is 10.9. The van der Waals surface area contributed by atoms with E-state index in [9.17, 15) is 4.79 Å². The summed E-state index contributed by atoms with van der Waals surface area (Å²) >= 11 is 1.78. The van der Waals surface area contributed by atoms with Crippen molar-refractivity contribution in [3.05, 3.63) is 24.3 Å². The average molecular weight is 309 g/mol. The number of furan rings is 1. The van der Waals surface area contributed by atoms with Crippen LogP contribution in [0.3, 0.4) is 0 Å². The minimum absolute atomic E-state index is 0.000197. The summed E-state index contributed by atoms with van der Waals surface area (Å²) in [6.07, 6.45) is 1.68. The summed E-state index contributed by atoms with van der Waals surface area (Å²) in [5.41, 5.74) is 0. The molecule has 1 saturated heterocycles. The van der Waals surface area contributed by atoms with Crippen LogP contribution in [-0.4, -0.2) is 50.3 Å². The molecule has 0 amide bonds. The topological polar surface area (TPSA) is 92.6 Å². The van der Waals surface area contributed by atoms with Crippen molar-refractivity contribution in [1.29, 1.82) is 0 Å². The van der Waals surface area contributed by atoms with Crippen LogP contribution in [0, 0.1) is 0 Å². The van der Waals surface area contributed by atoms with Crippen molar-refractivity contribution in [3.8, 4) is 11.7 Å². The fourth-order valence-electron chi connectivity index (χ4n) is 2.28. The number of rotatable bonds is 5. The van der Waals surface area contributed by atoms with E-state index in [1.54, 1.807) is 30.2 Å². The van der Waals surface area contributed by atoms with Crippen molar-refractivity contribution in [1.82, 2.24) is 15.1 Å². The van der Waals surface area contributed by atoms with Gasteiger partial charge in [0.2, 0.25) is 5.89 Å².